The van der Waals surface area contributed by atoms with Crippen LogP contribution >= 0.6 is 0 Å². The van der Waals surface area contributed by atoms with E-state index in [0.29, 0.717) is 19.2 Å². The average molecular weight is 208 g/mol. The van der Waals surface area contributed by atoms with Crippen molar-refractivity contribution in [3.8, 4) is 5.75 Å². The Hall–Kier alpha value is -1.22. The monoisotopic (exact) mass is 208 g/mol. The number of benzene rings is 1. The third kappa shape index (κ3) is 3.80. The molecule has 1 aromatic rings. The molecule has 1 unspecified atom stereocenters. The molecule has 0 aliphatic rings. The molecule has 15 heavy (non-hydrogen) atoms. The van der Waals surface area contributed by atoms with Crippen molar-refractivity contribution in [1.82, 2.24) is 0 Å². The molecule has 1 rings (SSSR count). The molecule has 0 radical (unpaired) electrons. The molecule has 1 aromatic carbocycles. The molecule has 0 saturated carbocycles. The average Bonchev–Trinajstić information content (AvgIpc) is 2.28. The smallest absolute Gasteiger partial charge is 0.142 e. The third-order valence-corrected chi connectivity index (χ3v) is 2.28. The molecule has 3 N–H and O–H groups in total. The van der Waals surface area contributed by atoms with E-state index in [2.05, 4.69) is 19.2 Å². The lowest BCUT2D eigenvalue weighted by molar-refractivity contribution is 0.329. The molecule has 0 aliphatic heterocycles. The van der Waals surface area contributed by atoms with Crippen LogP contribution in [0.3, 0.4) is 0 Å². The van der Waals surface area contributed by atoms with Gasteiger partial charge in [0.05, 0.1) is 5.69 Å². The van der Waals surface area contributed by atoms with Crippen LogP contribution in [0.15, 0.2) is 24.3 Å². The minimum Gasteiger partial charge on any atom is -0.490 e. The zero-order valence-corrected chi connectivity index (χ0v) is 9.49. The summed E-state index contributed by atoms with van der Waals surface area (Å²) < 4.78 is 5.54. The fraction of sp³-hybridized carbons (Fsp3) is 0.500. The van der Waals surface area contributed by atoms with E-state index in [0.717, 1.165) is 17.9 Å². The zero-order valence-electron chi connectivity index (χ0n) is 9.49. The van der Waals surface area contributed by atoms with E-state index in [-0.39, 0.29) is 0 Å². The van der Waals surface area contributed by atoms with Crippen LogP contribution in [0, 0.1) is 0 Å². The Morgan fingerprint density at radius 1 is 1.40 bits per heavy atom. The second-order valence-corrected chi connectivity index (χ2v) is 3.59. The largest absolute Gasteiger partial charge is 0.490 e. The molecule has 0 spiro atoms. The van der Waals surface area contributed by atoms with Gasteiger partial charge in [0.15, 0.2) is 0 Å². The number of para-hydroxylation sites is 2. The first kappa shape index (κ1) is 11.9. The quantitative estimate of drug-likeness (QED) is 0.753. The van der Waals surface area contributed by atoms with Crippen molar-refractivity contribution in [1.29, 1.82) is 0 Å². The van der Waals surface area contributed by atoms with Gasteiger partial charge in [-0.05, 0) is 25.5 Å². The number of nitrogens with one attached hydrogen (secondary N) is 1. The maximum atomic E-state index is 5.54. The maximum absolute atomic E-state index is 5.54. The number of rotatable bonds is 6. The summed E-state index contributed by atoms with van der Waals surface area (Å²) in [6, 6.07) is 8.40. The number of hydrogen-bond donors (Lipinski definition) is 2. The lowest BCUT2D eigenvalue weighted by atomic mass is 10.2. The topological polar surface area (TPSA) is 47.3 Å². The molecule has 84 valence electrons. The summed E-state index contributed by atoms with van der Waals surface area (Å²) in [5, 5.41) is 3.40. The first-order valence-electron chi connectivity index (χ1n) is 5.46. The Balaban J connectivity index is 2.67. The summed E-state index contributed by atoms with van der Waals surface area (Å²) >= 11 is 0. The highest BCUT2D eigenvalue weighted by atomic mass is 16.5. The lowest BCUT2D eigenvalue weighted by Gasteiger charge is -2.16. The van der Waals surface area contributed by atoms with Gasteiger partial charge in [-0.15, -0.1) is 0 Å². The van der Waals surface area contributed by atoms with E-state index in [1.165, 1.54) is 0 Å². The highest BCUT2D eigenvalue weighted by Gasteiger charge is 2.04. The van der Waals surface area contributed by atoms with Crippen LogP contribution in [0.5, 0.6) is 5.75 Å². The predicted octanol–water partition coefficient (Wildman–Crippen LogP) is 2.23. The van der Waals surface area contributed by atoms with Crippen LogP contribution < -0.4 is 15.8 Å². The minimum absolute atomic E-state index is 0.452. The van der Waals surface area contributed by atoms with Gasteiger partial charge in [0.2, 0.25) is 0 Å². The van der Waals surface area contributed by atoms with E-state index in [9.17, 15) is 0 Å². The molecule has 0 aliphatic carbocycles. The Labute approximate surface area is 91.6 Å². The van der Waals surface area contributed by atoms with Crippen molar-refractivity contribution in [2.45, 2.75) is 26.3 Å². The molecule has 0 fully saturated rings. The molecular weight excluding hydrogens is 188 g/mol. The van der Waals surface area contributed by atoms with E-state index < -0.39 is 0 Å². The second kappa shape index (κ2) is 6.30. The van der Waals surface area contributed by atoms with Gasteiger partial charge < -0.3 is 15.8 Å². The summed E-state index contributed by atoms with van der Waals surface area (Å²) in [4.78, 5) is 0. The predicted molar refractivity (Wildman–Crippen MR) is 64.4 cm³/mol. The summed E-state index contributed by atoms with van der Waals surface area (Å²) in [5.74, 6) is 0.878. The SMILES string of the molecule is CCC(C)Nc1ccccc1OCCN. The summed E-state index contributed by atoms with van der Waals surface area (Å²) in [7, 11) is 0. The highest BCUT2D eigenvalue weighted by Crippen LogP contribution is 2.24. The normalized spacial score (nSPS) is 12.2. The Kier molecular flexibility index (Phi) is 4.98. The van der Waals surface area contributed by atoms with Crippen molar-refractivity contribution < 1.29 is 4.74 Å². The minimum atomic E-state index is 0.452. The van der Waals surface area contributed by atoms with Crippen molar-refractivity contribution in [2.75, 3.05) is 18.5 Å². The van der Waals surface area contributed by atoms with Gasteiger partial charge >= 0.3 is 0 Å². The molecule has 3 nitrogen and oxygen atoms in total. The zero-order chi connectivity index (χ0) is 11.1. The fourth-order valence-corrected chi connectivity index (χ4v) is 1.25. The standard InChI is InChI=1S/C12H20N2O/c1-3-10(2)14-11-6-4-5-7-12(11)15-9-8-13/h4-7,10,14H,3,8-9,13H2,1-2H3. The van der Waals surface area contributed by atoms with Crippen LogP contribution in [0.2, 0.25) is 0 Å². The van der Waals surface area contributed by atoms with Crippen LogP contribution in [0.25, 0.3) is 0 Å². The van der Waals surface area contributed by atoms with Crippen LogP contribution in [-0.2, 0) is 0 Å². The highest BCUT2D eigenvalue weighted by molar-refractivity contribution is 5.56. The Morgan fingerprint density at radius 2 is 2.13 bits per heavy atom. The molecule has 0 heterocycles. The first-order chi connectivity index (χ1) is 7.27. The summed E-state index contributed by atoms with van der Waals surface area (Å²) in [6.07, 6.45) is 1.09. The van der Waals surface area contributed by atoms with Gasteiger partial charge in [-0.2, -0.15) is 0 Å². The van der Waals surface area contributed by atoms with E-state index in [1.54, 1.807) is 0 Å². The van der Waals surface area contributed by atoms with E-state index >= 15 is 0 Å². The van der Waals surface area contributed by atoms with E-state index in [1.807, 2.05) is 24.3 Å². The second-order valence-electron chi connectivity index (χ2n) is 3.59. The number of anilines is 1. The number of hydrogen-bond acceptors (Lipinski definition) is 3. The molecule has 0 saturated heterocycles. The van der Waals surface area contributed by atoms with Crippen molar-refractivity contribution in [3.05, 3.63) is 24.3 Å². The Morgan fingerprint density at radius 3 is 2.80 bits per heavy atom. The van der Waals surface area contributed by atoms with Crippen LogP contribution in [0.1, 0.15) is 20.3 Å². The molecule has 0 bridgehead atoms. The summed E-state index contributed by atoms with van der Waals surface area (Å²) in [5.41, 5.74) is 6.45. The van der Waals surface area contributed by atoms with Crippen LogP contribution in [-0.4, -0.2) is 19.2 Å². The molecule has 1 atom stereocenters. The van der Waals surface area contributed by atoms with Gasteiger partial charge in [-0.3, -0.25) is 0 Å². The number of nitrogens with two attached hydrogens (primary N) is 1. The van der Waals surface area contributed by atoms with E-state index in [4.69, 9.17) is 10.5 Å². The summed E-state index contributed by atoms with van der Waals surface area (Å²) in [6.45, 7) is 5.40. The molecule has 0 amide bonds. The van der Waals surface area contributed by atoms with Gasteiger partial charge in [-0.25, -0.2) is 0 Å². The van der Waals surface area contributed by atoms with Gasteiger partial charge in [0.1, 0.15) is 12.4 Å². The van der Waals surface area contributed by atoms with Gasteiger partial charge in [-0.1, -0.05) is 19.1 Å². The maximum Gasteiger partial charge on any atom is 0.142 e. The fourth-order valence-electron chi connectivity index (χ4n) is 1.25. The van der Waals surface area contributed by atoms with Gasteiger partial charge in [0.25, 0.3) is 0 Å². The van der Waals surface area contributed by atoms with Crippen LogP contribution in [0.4, 0.5) is 5.69 Å². The van der Waals surface area contributed by atoms with Crippen molar-refractivity contribution in [3.63, 3.8) is 0 Å². The number of ether oxygens (including phenoxy) is 1. The lowest BCUT2D eigenvalue weighted by Crippen LogP contribution is -2.16. The Bertz CT molecular complexity index is 289. The van der Waals surface area contributed by atoms with Gasteiger partial charge in [0, 0.05) is 12.6 Å². The van der Waals surface area contributed by atoms with Crippen molar-refractivity contribution >= 4 is 5.69 Å². The first-order valence-corrected chi connectivity index (χ1v) is 5.46. The third-order valence-electron chi connectivity index (χ3n) is 2.28. The molecule has 0 aromatic heterocycles. The molecular formula is C12H20N2O. The van der Waals surface area contributed by atoms with Crippen molar-refractivity contribution in [2.24, 2.45) is 5.73 Å². The molecule has 3 heteroatoms.